The van der Waals surface area contributed by atoms with Gasteiger partial charge in [0.15, 0.2) is 0 Å². The molecule has 0 aliphatic carbocycles. The Morgan fingerprint density at radius 1 is 1.19 bits per heavy atom. The summed E-state index contributed by atoms with van der Waals surface area (Å²) in [6.07, 6.45) is 0.973. The van der Waals surface area contributed by atoms with Crippen molar-refractivity contribution in [2.45, 2.75) is 13.0 Å². The fraction of sp³-hybridized carbons (Fsp3) is 0.188. The summed E-state index contributed by atoms with van der Waals surface area (Å²) in [4.78, 5) is 10.8. The number of nitrogens with two attached hydrogens (primary N) is 1. The van der Waals surface area contributed by atoms with Crippen molar-refractivity contribution >= 4 is 17.4 Å². The van der Waals surface area contributed by atoms with Crippen LogP contribution < -0.4 is 21.1 Å². The summed E-state index contributed by atoms with van der Waals surface area (Å²) in [6.45, 7) is 1.49. The van der Waals surface area contributed by atoms with Crippen molar-refractivity contribution in [1.29, 1.82) is 0 Å². The minimum atomic E-state index is -0.564. The standard InChI is InChI=1S/C16H17N3O2/c17-16(20)19-14-3-1-2-13(9-14)18-10-11-4-5-15-12(8-11)6-7-21-15/h1-5,8-9,18H,6-7,10H2,(H3,17,19,20). The molecule has 1 heterocycles. The highest BCUT2D eigenvalue weighted by molar-refractivity contribution is 5.88. The molecule has 0 saturated heterocycles. The number of nitrogens with one attached hydrogen (secondary N) is 2. The van der Waals surface area contributed by atoms with Gasteiger partial charge in [-0.2, -0.15) is 0 Å². The maximum absolute atomic E-state index is 10.8. The molecule has 5 nitrogen and oxygen atoms in total. The van der Waals surface area contributed by atoms with E-state index in [4.69, 9.17) is 10.5 Å². The van der Waals surface area contributed by atoms with Gasteiger partial charge < -0.3 is 21.1 Å². The molecule has 0 atom stereocenters. The number of benzene rings is 2. The van der Waals surface area contributed by atoms with Crippen LogP contribution in [0.5, 0.6) is 5.75 Å². The van der Waals surface area contributed by atoms with Crippen LogP contribution in [0, 0.1) is 0 Å². The molecule has 0 aromatic heterocycles. The third-order valence-electron chi connectivity index (χ3n) is 3.38. The van der Waals surface area contributed by atoms with Crippen LogP contribution in [0.25, 0.3) is 0 Å². The van der Waals surface area contributed by atoms with Gasteiger partial charge in [-0.3, -0.25) is 0 Å². The van der Waals surface area contributed by atoms with E-state index in [1.165, 1.54) is 11.1 Å². The molecule has 0 spiro atoms. The maximum atomic E-state index is 10.8. The van der Waals surface area contributed by atoms with E-state index in [0.29, 0.717) is 12.2 Å². The van der Waals surface area contributed by atoms with Gasteiger partial charge in [-0.25, -0.2) is 4.79 Å². The van der Waals surface area contributed by atoms with E-state index in [0.717, 1.165) is 24.5 Å². The molecule has 0 saturated carbocycles. The van der Waals surface area contributed by atoms with E-state index in [2.05, 4.69) is 22.8 Å². The first kappa shape index (κ1) is 13.3. The molecule has 21 heavy (non-hydrogen) atoms. The number of rotatable bonds is 4. The number of carbonyl (C=O) groups excluding carboxylic acids is 1. The van der Waals surface area contributed by atoms with Crippen molar-refractivity contribution in [2.75, 3.05) is 17.2 Å². The average molecular weight is 283 g/mol. The summed E-state index contributed by atoms with van der Waals surface area (Å²) < 4.78 is 5.50. The second-order valence-corrected chi connectivity index (χ2v) is 4.96. The first-order valence-electron chi connectivity index (χ1n) is 6.86. The van der Waals surface area contributed by atoms with Gasteiger partial charge >= 0.3 is 6.03 Å². The van der Waals surface area contributed by atoms with Crippen molar-refractivity contribution in [3.05, 3.63) is 53.6 Å². The molecule has 3 rings (SSSR count). The highest BCUT2D eigenvalue weighted by Gasteiger charge is 2.11. The van der Waals surface area contributed by atoms with Crippen molar-refractivity contribution in [2.24, 2.45) is 5.73 Å². The molecule has 0 unspecified atom stereocenters. The fourth-order valence-electron chi connectivity index (χ4n) is 2.40. The lowest BCUT2D eigenvalue weighted by Crippen LogP contribution is -2.19. The van der Waals surface area contributed by atoms with Crippen LogP contribution in [0.1, 0.15) is 11.1 Å². The number of hydrogen-bond acceptors (Lipinski definition) is 3. The Balaban J connectivity index is 1.66. The van der Waals surface area contributed by atoms with E-state index in [1.54, 1.807) is 6.07 Å². The molecule has 4 N–H and O–H groups in total. The molecule has 0 fully saturated rings. The van der Waals surface area contributed by atoms with E-state index >= 15 is 0 Å². The molecule has 0 radical (unpaired) electrons. The summed E-state index contributed by atoms with van der Waals surface area (Å²) in [5.41, 5.74) is 9.18. The Hall–Kier alpha value is -2.69. The molecule has 1 aliphatic heterocycles. The Morgan fingerprint density at radius 3 is 2.90 bits per heavy atom. The Kier molecular flexibility index (Phi) is 3.64. The van der Waals surface area contributed by atoms with Crippen LogP contribution >= 0.6 is 0 Å². The summed E-state index contributed by atoms with van der Waals surface area (Å²) >= 11 is 0. The van der Waals surface area contributed by atoms with E-state index in [-0.39, 0.29) is 0 Å². The first-order valence-corrected chi connectivity index (χ1v) is 6.86. The minimum Gasteiger partial charge on any atom is -0.493 e. The van der Waals surface area contributed by atoms with Gasteiger partial charge in [0.05, 0.1) is 6.61 Å². The highest BCUT2D eigenvalue weighted by atomic mass is 16.5. The predicted octanol–water partition coefficient (Wildman–Crippen LogP) is 2.72. The number of urea groups is 1. The molecule has 2 aromatic rings. The monoisotopic (exact) mass is 283 g/mol. The molecular formula is C16H17N3O2. The molecule has 2 aromatic carbocycles. The topological polar surface area (TPSA) is 76.4 Å². The van der Waals surface area contributed by atoms with Gasteiger partial charge in [0.2, 0.25) is 0 Å². The second-order valence-electron chi connectivity index (χ2n) is 4.96. The van der Waals surface area contributed by atoms with E-state index in [9.17, 15) is 4.79 Å². The van der Waals surface area contributed by atoms with Crippen LogP contribution in [-0.2, 0) is 13.0 Å². The highest BCUT2D eigenvalue weighted by Crippen LogP contribution is 2.26. The molecule has 5 heteroatoms. The Bertz CT molecular complexity index is 670. The normalized spacial score (nSPS) is 12.4. The summed E-state index contributed by atoms with van der Waals surface area (Å²) in [6, 6.07) is 13.1. The van der Waals surface area contributed by atoms with Crippen LogP contribution in [0.2, 0.25) is 0 Å². The molecule has 1 aliphatic rings. The molecule has 108 valence electrons. The van der Waals surface area contributed by atoms with Gasteiger partial charge in [0, 0.05) is 24.3 Å². The third kappa shape index (κ3) is 3.25. The smallest absolute Gasteiger partial charge is 0.316 e. The summed E-state index contributed by atoms with van der Waals surface area (Å²) in [5.74, 6) is 0.992. The molecular weight excluding hydrogens is 266 g/mol. The summed E-state index contributed by atoms with van der Waals surface area (Å²) in [7, 11) is 0. The maximum Gasteiger partial charge on any atom is 0.316 e. The zero-order valence-corrected chi connectivity index (χ0v) is 11.6. The quantitative estimate of drug-likeness (QED) is 0.807. The lowest BCUT2D eigenvalue weighted by molar-refractivity contribution is 0.259. The van der Waals surface area contributed by atoms with Gasteiger partial charge in [-0.15, -0.1) is 0 Å². The van der Waals surface area contributed by atoms with Crippen LogP contribution in [0.15, 0.2) is 42.5 Å². The average Bonchev–Trinajstić information content (AvgIpc) is 2.92. The number of amides is 2. The predicted molar refractivity (Wildman–Crippen MR) is 82.6 cm³/mol. The molecule has 0 bridgehead atoms. The lowest BCUT2D eigenvalue weighted by atomic mass is 10.1. The fourth-order valence-corrected chi connectivity index (χ4v) is 2.40. The third-order valence-corrected chi connectivity index (χ3v) is 3.38. The number of anilines is 2. The summed E-state index contributed by atoms with van der Waals surface area (Å²) in [5, 5.41) is 5.89. The van der Waals surface area contributed by atoms with Gasteiger partial charge in [0.1, 0.15) is 5.75 Å². The van der Waals surface area contributed by atoms with Crippen molar-refractivity contribution in [3.8, 4) is 5.75 Å². The van der Waals surface area contributed by atoms with E-state index < -0.39 is 6.03 Å². The van der Waals surface area contributed by atoms with Gasteiger partial charge in [0.25, 0.3) is 0 Å². The van der Waals surface area contributed by atoms with E-state index in [1.807, 2.05) is 24.3 Å². The SMILES string of the molecule is NC(=O)Nc1cccc(NCc2ccc3c(c2)CCO3)c1. The second kappa shape index (κ2) is 5.75. The Labute approximate surface area is 123 Å². The largest absolute Gasteiger partial charge is 0.493 e. The number of primary amides is 1. The van der Waals surface area contributed by atoms with Crippen molar-refractivity contribution in [3.63, 3.8) is 0 Å². The number of hydrogen-bond donors (Lipinski definition) is 3. The van der Waals surface area contributed by atoms with Crippen LogP contribution in [0.3, 0.4) is 0 Å². The molecule has 2 amide bonds. The number of carbonyl (C=O) groups is 1. The number of fused-ring (bicyclic) bond motifs is 1. The van der Waals surface area contributed by atoms with Crippen LogP contribution in [-0.4, -0.2) is 12.6 Å². The van der Waals surface area contributed by atoms with Crippen molar-refractivity contribution in [1.82, 2.24) is 0 Å². The lowest BCUT2D eigenvalue weighted by Gasteiger charge is -2.09. The minimum absolute atomic E-state index is 0.564. The zero-order chi connectivity index (χ0) is 14.7. The van der Waals surface area contributed by atoms with Gasteiger partial charge in [-0.05, 0) is 35.4 Å². The zero-order valence-electron chi connectivity index (χ0n) is 11.6. The number of ether oxygens (including phenoxy) is 1. The Morgan fingerprint density at radius 2 is 2.05 bits per heavy atom. The van der Waals surface area contributed by atoms with Crippen molar-refractivity contribution < 1.29 is 9.53 Å². The van der Waals surface area contributed by atoms with Crippen LogP contribution in [0.4, 0.5) is 16.2 Å². The first-order chi connectivity index (χ1) is 10.2. The van der Waals surface area contributed by atoms with Gasteiger partial charge in [-0.1, -0.05) is 18.2 Å².